The number of carbonyl (C=O) groups is 1. The quantitative estimate of drug-likeness (QED) is 0.365. The zero-order valence-corrected chi connectivity index (χ0v) is 18.9. The Kier molecular flexibility index (Phi) is 8.78. The van der Waals surface area contributed by atoms with Crippen molar-refractivity contribution in [2.75, 3.05) is 26.9 Å². The fourth-order valence-electron chi connectivity index (χ4n) is 3.66. The lowest BCUT2D eigenvalue weighted by molar-refractivity contribution is -0.114. The summed E-state index contributed by atoms with van der Waals surface area (Å²) in [6.07, 6.45) is 12.2. The summed E-state index contributed by atoms with van der Waals surface area (Å²) in [7, 11) is 1.64. The lowest BCUT2D eigenvalue weighted by Crippen LogP contribution is -2.15. The van der Waals surface area contributed by atoms with Crippen LogP contribution in [0.25, 0.3) is 16.6 Å². The summed E-state index contributed by atoms with van der Waals surface area (Å²) >= 11 is 0. The smallest absolute Gasteiger partial charge is 0.213 e. The predicted molar refractivity (Wildman–Crippen MR) is 130 cm³/mol. The number of nitrogens with one attached hydrogen (secondary N) is 1. The van der Waals surface area contributed by atoms with Gasteiger partial charge >= 0.3 is 0 Å². The summed E-state index contributed by atoms with van der Waals surface area (Å²) in [6, 6.07) is 3.83. The van der Waals surface area contributed by atoms with Crippen molar-refractivity contribution in [1.82, 2.24) is 14.9 Å². The first-order chi connectivity index (χ1) is 16.1. The maximum absolute atomic E-state index is 14.1. The third-order valence-corrected chi connectivity index (χ3v) is 5.39. The molecule has 0 radical (unpaired) electrons. The zero-order chi connectivity index (χ0) is 23.6. The molecule has 1 aliphatic rings. The van der Waals surface area contributed by atoms with Crippen LogP contribution < -0.4 is 4.74 Å². The number of halogens is 1. The number of rotatable bonds is 11. The van der Waals surface area contributed by atoms with Gasteiger partial charge in [0, 0.05) is 49.9 Å². The third-order valence-electron chi connectivity index (χ3n) is 5.39. The Hall–Kier alpha value is -3.45. The first kappa shape index (κ1) is 24.2. The van der Waals surface area contributed by atoms with Crippen LogP contribution in [0.1, 0.15) is 36.6 Å². The number of imidazole rings is 1. The highest BCUT2D eigenvalue weighted by atomic mass is 19.1. The Balaban J connectivity index is 1.97. The van der Waals surface area contributed by atoms with Crippen LogP contribution in [0, 0.1) is 0 Å². The fourth-order valence-corrected chi connectivity index (χ4v) is 3.66. The van der Waals surface area contributed by atoms with Crippen LogP contribution in [0.3, 0.4) is 0 Å². The molecule has 1 N–H and O–H groups in total. The van der Waals surface area contributed by atoms with Gasteiger partial charge in [-0.3, -0.25) is 4.79 Å². The molecule has 1 fully saturated rings. The number of hydrogen-bond acceptors (Lipinski definition) is 4. The van der Waals surface area contributed by atoms with E-state index in [0.717, 1.165) is 29.7 Å². The largest absolute Gasteiger partial charge is 0.490 e. The Morgan fingerprint density at radius 3 is 2.82 bits per heavy atom. The molecular weight excluding hydrogens is 421 g/mol. The third kappa shape index (κ3) is 6.29. The van der Waals surface area contributed by atoms with Crippen molar-refractivity contribution < 1.29 is 18.7 Å². The number of aromatic amines is 1. The van der Waals surface area contributed by atoms with E-state index in [9.17, 15) is 9.18 Å². The highest BCUT2D eigenvalue weighted by molar-refractivity contribution is 5.91. The van der Waals surface area contributed by atoms with Crippen LogP contribution >= 0.6 is 0 Å². The number of ether oxygens (including phenoxy) is 2. The van der Waals surface area contributed by atoms with E-state index in [0.29, 0.717) is 36.5 Å². The van der Waals surface area contributed by atoms with Crippen LogP contribution in [0.2, 0.25) is 0 Å². The molecule has 0 spiro atoms. The Labute approximate surface area is 193 Å². The second kappa shape index (κ2) is 12.0. The van der Waals surface area contributed by atoms with Gasteiger partial charge in [0.15, 0.2) is 5.75 Å². The van der Waals surface area contributed by atoms with Gasteiger partial charge in [0.2, 0.25) is 6.41 Å². The van der Waals surface area contributed by atoms with E-state index in [1.165, 1.54) is 11.0 Å². The molecule has 2 aromatic rings. The minimum Gasteiger partial charge on any atom is -0.490 e. The second-order valence-electron chi connectivity index (χ2n) is 7.74. The lowest BCUT2D eigenvalue weighted by atomic mass is 10.00. The number of nitrogens with zero attached hydrogens (tertiary/aromatic N) is 2. The molecule has 6 nitrogen and oxygen atoms in total. The van der Waals surface area contributed by atoms with E-state index < -0.39 is 0 Å². The number of fused-ring (bicyclic) bond motifs is 1. The molecule has 0 bridgehead atoms. The molecule has 1 aromatic heterocycles. The molecule has 0 aliphatic carbocycles. The Bertz CT molecular complexity index is 1080. The molecular formula is C26H30FN3O3. The van der Waals surface area contributed by atoms with Gasteiger partial charge in [-0.15, -0.1) is 0 Å². The SMILES string of the molecule is C=C/C=C\C=C(\F)CCOc1c(/C(C=C)=C/N(C)C=O)ccc2[nH]c(C3CCOCC3)nc12. The van der Waals surface area contributed by atoms with Crippen molar-refractivity contribution in [3.63, 3.8) is 0 Å². The van der Waals surface area contributed by atoms with Crippen LogP contribution in [0.4, 0.5) is 4.39 Å². The molecule has 1 saturated heterocycles. The molecule has 3 rings (SSSR count). The van der Waals surface area contributed by atoms with Crippen molar-refractivity contribution in [3.05, 3.63) is 79.1 Å². The van der Waals surface area contributed by atoms with Gasteiger partial charge in [0.25, 0.3) is 0 Å². The summed E-state index contributed by atoms with van der Waals surface area (Å²) in [5, 5.41) is 0. The molecule has 7 heteroatoms. The summed E-state index contributed by atoms with van der Waals surface area (Å²) < 4.78 is 25.7. The summed E-state index contributed by atoms with van der Waals surface area (Å²) in [5.74, 6) is 1.41. The fraction of sp³-hybridized carbons (Fsp3) is 0.308. The monoisotopic (exact) mass is 451 g/mol. The van der Waals surface area contributed by atoms with Crippen molar-refractivity contribution in [2.45, 2.75) is 25.2 Å². The zero-order valence-electron chi connectivity index (χ0n) is 18.9. The summed E-state index contributed by atoms with van der Waals surface area (Å²) in [6.45, 7) is 9.00. The van der Waals surface area contributed by atoms with E-state index >= 15 is 0 Å². The summed E-state index contributed by atoms with van der Waals surface area (Å²) in [4.78, 5) is 20.8. The van der Waals surface area contributed by atoms with Gasteiger partial charge in [-0.1, -0.05) is 37.5 Å². The number of allylic oxidation sites excluding steroid dienone is 6. The normalized spacial score (nSPS) is 15.7. The number of aromatic nitrogens is 2. The maximum atomic E-state index is 14.1. The van der Waals surface area contributed by atoms with Gasteiger partial charge in [-0.25, -0.2) is 9.37 Å². The number of hydrogen-bond donors (Lipinski definition) is 1. The first-order valence-corrected chi connectivity index (χ1v) is 11.0. The highest BCUT2D eigenvalue weighted by Gasteiger charge is 2.22. The second-order valence-corrected chi connectivity index (χ2v) is 7.74. The standard InChI is InChI=1S/C26H30FN3O3/c1-4-6-7-8-21(27)13-16-33-25-22(19(5-2)17-30(3)18-31)9-10-23-24(25)29-26(28-23)20-11-14-32-15-12-20/h4-10,17-18,20H,1-2,11-16H2,3H3,(H,28,29)/b7-6-,19-17+,21-8+. The van der Waals surface area contributed by atoms with E-state index in [1.54, 1.807) is 37.6 Å². The van der Waals surface area contributed by atoms with Gasteiger partial charge in [0.05, 0.1) is 12.1 Å². The van der Waals surface area contributed by atoms with Crippen molar-refractivity contribution in [3.8, 4) is 5.75 Å². The molecule has 2 heterocycles. The number of amides is 1. The van der Waals surface area contributed by atoms with Crippen molar-refractivity contribution in [1.29, 1.82) is 0 Å². The van der Waals surface area contributed by atoms with Crippen molar-refractivity contribution in [2.24, 2.45) is 0 Å². The molecule has 1 aromatic carbocycles. The van der Waals surface area contributed by atoms with Crippen LogP contribution in [-0.2, 0) is 9.53 Å². The van der Waals surface area contributed by atoms with E-state index in [-0.39, 0.29) is 24.8 Å². The van der Waals surface area contributed by atoms with Crippen LogP contribution in [0.15, 0.2) is 67.7 Å². The number of carbonyl (C=O) groups excluding carboxylic acids is 1. The van der Waals surface area contributed by atoms with Gasteiger partial charge < -0.3 is 19.4 Å². The van der Waals surface area contributed by atoms with Crippen molar-refractivity contribution >= 4 is 23.0 Å². The topological polar surface area (TPSA) is 67.5 Å². The average Bonchev–Trinajstić information content (AvgIpc) is 3.28. The van der Waals surface area contributed by atoms with E-state index in [1.807, 2.05) is 12.1 Å². The Morgan fingerprint density at radius 1 is 1.33 bits per heavy atom. The Morgan fingerprint density at radius 2 is 2.12 bits per heavy atom. The van der Waals surface area contributed by atoms with E-state index in [4.69, 9.17) is 14.5 Å². The average molecular weight is 452 g/mol. The molecule has 33 heavy (non-hydrogen) atoms. The molecule has 0 atom stereocenters. The van der Waals surface area contributed by atoms with Gasteiger partial charge in [0.1, 0.15) is 17.2 Å². The summed E-state index contributed by atoms with van der Waals surface area (Å²) in [5.41, 5.74) is 2.94. The van der Waals surface area contributed by atoms with Gasteiger partial charge in [-0.2, -0.15) is 0 Å². The highest BCUT2D eigenvalue weighted by Crippen LogP contribution is 2.36. The molecule has 174 valence electrons. The first-order valence-electron chi connectivity index (χ1n) is 11.0. The lowest BCUT2D eigenvalue weighted by Gasteiger charge is -2.19. The van der Waals surface area contributed by atoms with Gasteiger partial charge in [-0.05, 0) is 31.1 Å². The molecule has 0 unspecified atom stereocenters. The number of H-pyrrole nitrogens is 1. The minimum atomic E-state index is -0.299. The molecule has 1 amide bonds. The maximum Gasteiger partial charge on any atom is 0.213 e. The predicted octanol–water partition coefficient (Wildman–Crippen LogP) is 5.44. The van der Waals surface area contributed by atoms with Crippen LogP contribution in [-0.4, -0.2) is 48.1 Å². The number of benzene rings is 1. The molecule has 1 aliphatic heterocycles. The van der Waals surface area contributed by atoms with E-state index in [2.05, 4.69) is 18.1 Å². The minimum absolute atomic E-state index is 0.107. The molecule has 0 saturated carbocycles. The van der Waals surface area contributed by atoms with Crippen LogP contribution in [0.5, 0.6) is 5.75 Å².